The van der Waals surface area contributed by atoms with Crippen LogP contribution in [0.25, 0.3) is 6.08 Å². The van der Waals surface area contributed by atoms with Gasteiger partial charge in [-0.2, -0.15) is 0 Å². The molecule has 0 aromatic heterocycles. The van der Waals surface area contributed by atoms with Crippen molar-refractivity contribution in [1.82, 2.24) is 9.84 Å². The van der Waals surface area contributed by atoms with E-state index >= 15 is 0 Å². The molecule has 1 heterocycles. The number of hydrogen-bond acceptors (Lipinski definition) is 7. The predicted octanol–water partition coefficient (Wildman–Crippen LogP) is 2.80. The Morgan fingerprint density at radius 1 is 1.07 bits per heavy atom. The van der Waals surface area contributed by atoms with Crippen LogP contribution in [0.15, 0.2) is 58.3 Å². The van der Waals surface area contributed by atoms with Crippen LogP contribution < -0.4 is 14.3 Å². The minimum absolute atomic E-state index is 0.0351. The average Bonchev–Trinajstić information content (AvgIpc) is 2.95. The zero-order valence-electron chi connectivity index (χ0n) is 14.9. The summed E-state index contributed by atoms with van der Waals surface area (Å²) in [7, 11) is -0.892. The molecule has 0 spiro atoms. The van der Waals surface area contributed by atoms with Gasteiger partial charge < -0.3 is 9.47 Å². The number of amides is 1. The Morgan fingerprint density at radius 3 is 2.39 bits per heavy atom. The summed E-state index contributed by atoms with van der Waals surface area (Å²) in [5.74, 6) is 0.517. The number of benzene rings is 2. The fraction of sp³-hybridized carbons (Fsp3) is 0.111. The molecule has 0 atom stereocenters. The molecule has 0 saturated carbocycles. The van der Waals surface area contributed by atoms with E-state index in [2.05, 4.69) is 4.83 Å². The van der Waals surface area contributed by atoms with Crippen molar-refractivity contribution < 1.29 is 22.7 Å². The third-order valence-electron chi connectivity index (χ3n) is 3.76. The van der Waals surface area contributed by atoms with Crippen LogP contribution in [0.2, 0.25) is 0 Å². The normalized spacial score (nSPS) is 15.9. The second kappa shape index (κ2) is 8.31. The summed E-state index contributed by atoms with van der Waals surface area (Å²) in [4.78, 5) is 15.2. The van der Waals surface area contributed by atoms with Gasteiger partial charge in [-0.3, -0.25) is 4.79 Å². The summed E-state index contributed by atoms with van der Waals surface area (Å²) in [6.45, 7) is 0. The molecule has 1 fully saturated rings. The third-order valence-corrected chi connectivity index (χ3v) is 6.38. The molecule has 3 rings (SSSR count). The Hall–Kier alpha value is -2.40. The van der Waals surface area contributed by atoms with Gasteiger partial charge in [0.15, 0.2) is 15.8 Å². The molecular weight excluding hydrogens is 420 g/mol. The molecule has 146 valence electrons. The number of hydrazine groups is 1. The zero-order chi connectivity index (χ0) is 20.3. The van der Waals surface area contributed by atoms with E-state index in [-0.39, 0.29) is 14.1 Å². The lowest BCUT2D eigenvalue weighted by atomic mass is 10.2. The number of carbonyl (C=O) groups excluding carboxylic acids is 1. The van der Waals surface area contributed by atoms with Crippen molar-refractivity contribution in [2.75, 3.05) is 14.2 Å². The van der Waals surface area contributed by atoms with Gasteiger partial charge in [-0.15, -0.1) is 4.83 Å². The first-order chi connectivity index (χ1) is 13.4. The first-order valence-electron chi connectivity index (χ1n) is 7.93. The Kier molecular flexibility index (Phi) is 6.04. The summed E-state index contributed by atoms with van der Waals surface area (Å²) < 4.78 is 35.5. The summed E-state index contributed by atoms with van der Waals surface area (Å²) >= 11 is 6.18. The number of hydrogen-bond donors (Lipinski definition) is 1. The quantitative estimate of drug-likeness (QED) is 0.551. The first kappa shape index (κ1) is 20.3. The molecule has 2 aromatic carbocycles. The number of sulfonamides is 1. The van der Waals surface area contributed by atoms with Crippen molar-refractivity contribution in [3.05, 3.63) is 59.0 Å². The number of nitrogens with zero attached hydrogens (tertiary/aromatic N) is 1. The smallest absolute Gasteiger partial charge is 0.281 e. The SMILES string of the molecule is COc1ccc(/C=C2\SC(=S)N(NS(=O)(=O)c3ccccc3)C2=O)cc1OC. The summed E-state index contributed by atoms with van der Waals surface area (Å²) in [5, 5.41) is 0.856. The molecule has 1 aliphatic heterocycles. The fourth-order valence-electron chi connectivity index (χ4n) is 2.41. The molecule has 1 N–H and O–H groups in total. The number of ether oxygens (including phenoxy) is 2. The molecule has 7 nitrogen and oxygen atoms in total. The van der Waals surface area contributed by atoms with E-state index in [4.69, 9.17) is 21.7 Å². The molecule has 28 heavy (non-hydrogen) atoms. The standard InChI is InChI=1S/C18H16N2O5S3/c1-24-14-9-8-12(10-15(14)25-2)11-16-17(21)20(18(26)27-16)19-28(22,23)13-6-4-3-5-7-13/h3-11,19H,1-2H3/b16-11-. The predicted molar refractivity (Wildman–Crippen MR) is 111 cm³/mol. The van der Waals surface area contributed by atoms with Crippen LogP contribution in [0.5, 0.6) is 11.5 Å². The summed E-state index contributed by atoms with van der Waals surface area (Å²) in [6.07, 6.45) is 1.61. The highest BCUT2D eigenvalue weighted by molar-refractivity contribution is 8.26. The van der Waals surface area contributed by atoms with Gasteiger partial charge in [0.05, 0.1) is 24.0 Å². The van der Waals surface area contributed by atoms with Gasteiger partial charge in [-0.05, 0) is 35.9 Å². The number of methoxy groups -OCH3 is 2. The van der Waals surface area contributed by atoms with E-state index in [0.717, 1.165) is 16.8 Å². The van der Waals surface area contributed by atoms with Crippen LogP contribution in [-0.4, -0.2) is 37.9 Å². The van der Waals surface area contributed by atoms with Gasteiger partial charge >= 0.3 is 0 Å². The van der Waals surface area contributed by atoms with Gasteiger partial charge in [-0.1, -0.05) is 48.2 Å². The fourth-order valence-corrected chi connectivity index (χ4v) is 4.74. The van der Waals surface area contributed by atoms with E-state index in [1.807, 2.05) is 0 Å². The Labute approximate surface area is 172 Å². The van der Waals surface area contributed by atoms with Crippen LogP contribution in [0.3, 0.4) is 0 Å². The second-order valence-electron chi connectivity index (χ2n) is 5.54. The van der Waals surface area contributed by atoms with Crippen molar-refractivity contribution in [3.63, 3.8) is 0 Å². The lowest BCUT2D eigenvalue weighted by Crippen LogP contribution is -2.44. The van der Waals surface area contributed by atoms with Crippen LogP contribution >= 0.6 is 24.0 Å². The van der Waals surface area contributed by atoms with Gasteiger partial charge in [0.1, 0.15) is 0 Å². The number of carbonyl (C=O) groups is 1. The van der Waals surface area contributed by atoms with Crippen LogP contribution in [0, 0.1) is 0 Å². The number of thiocarbonyl (C=S) groups is 1. The van der Waals surface area contributed by atoms with Crippen LogP contribution in [0.4, 0.5) is 0 Å². The van der Waals surface area contributed by atoms with E-state index < -0.39 is 15.9 Å². The maximum atomic E-state index is 12.7. The van der Waals surface area contributed by atoms with E-state index in [1.54, 1.807) is 42.5 Å². The molecule has 1 saturated heterocycles. The summed E-state index contributed by atoms with van der Waals surface area (Å²) in [5.41, 5.74) is 0.684. The second-order valence-corrected chi connectivity index (χ2v) is 8.88. The molecular formula is C18H16N2O5S3. The topological polar surface area (TPSA) is 84.9 Å². The van der Waals surface area contributed by atoms with E-state index in [9.17, 15) is 13.2 Å². The molecule has 1 amide bonds. The lowest BCUT2D eigenvalue weighted by molar-refractivity contribution is -0.123. The molecule has 10 heteroatoms. The average molecular weight is 437 g/mol. The van der Waals surface area contributed by atoms with Gasteiger partial charge in [0, 0.05) is 0 Å². The Morgan fingerprint density at radius 2 is 1.75 bits per heavy atom. The zero-order valence-corrected chi connectivity index (χ0v) is 17.4. The van der Waals surface area contributed by atoms with E-state index in [1.165, 1.54) is 26.4 Å². The van der Waals surface area contributed by atoms with Crippen LogP contribution in [0.1, 0.15) is 5.56 Å². The minimum Gasteiger partial charge on any atom is -0.493 e. The van der Waals surface area contributed by atoms with Gasteiger partial charge in [0.2, 0.25) is 0 Å². The van der Waals surface area contributed by atoms with Crippen molar-refractivity contribution >= 4 is 50.3 Å². The molecule has 2 aromatic rings. The van der Waals surface area contributed by atoms with Crippen molar-refractivity contribution in [1.29, 1.82) is 0 Å². The highest BCUT2D eigenvalue weighted by atomic mass is 32.2. The molecule has 0 aliphatic carbocycles. The largest absolute Gasteiger partial charge is 0.493 e. The van der Waals surface area contributed by atoms with E-state index in [0.29, 0.717) is 17.1 Å². The lowest BCUT2D eigenvalue weighted by Gasteiger charge is -2.15. The monoisotopic (exact) mass is 436 g/mol. The molecule has 0 radical (unpaired) electrons. The molecule has 1 aliphatic rings. The Bertz CT molecular complexity index is 1050. The molecule has 0 unspecified atom stereocenters. The van der Waals surface area contributed by atoms with Gasteiger partial charge in [0.25, 0.3) is 15.9 Å². The maximum absolute atomic E-state index is 12.7. The maximum Gasteiger partial charge on any atom is 0.281 e. The Balaban J connectivity index is 1.85. The highest BCUT2D eigenvalue weighted by Gasteiger charge is 2.35. The minimum atomic E-state index is -3.93. The number of thioether (sulfide) groups is 1. The summed E-state index contributed by atoms with van der Waals surface area (Å²) in [6, 6.07) is 12.9. The molecule has 0 bridgehead atoms. The van der Waals surface area contributed by atoms with Gasteiger partial charge in [-0.25, -0.2) is 13.4 Å². The number of rotatable bonds is 6. The van der Waals surface area contributed by atoms with Crippen molar-refractivity contribution in [2.24, 2.45) is 0 Å². The third kappa shape index (κ3) is 4.20. The first-order valence-corrected chi connectivity index (χ1v) is 10.6. The highest BCUT2D eigenvalue weighted by Crippen LogP contribution is 2.34. The van der Waals surface area contributed by atoms with Crippen molar-refractivity contribution in [3.8, 4) is 11.5 Å². The van der Waals surface area contributed by atoms with Crippen molar-refractivity contribution in [2.45, 2.75) is 4.90 Å². The number of nitrogens with one attached hydrogen (secondary N) is 1. The van der Waals surface area contributed by atoms with Crippen LogP contribution in [-0.2, 0) is 14.8 Å².